The standard InChI is InChI=1S/C18H21F2N3O2/c1-3-12-5-4-6-14(9-12)23-18(21)22-11-13-7-8-15(24-2)10-16(13)25-17(19)20/h4-10,17H,3,11H2,1-2H3,(H3,21,22,23). The molecule has 0 spiro atoms. The van der Waals surface area contributed by atoms with Gasteiger partial charge in [0, 0.05) is 17.3 Å². The lowest BCUT2D eigenvalue weighted by atomic mass is 10.1. The van der Waals surface area contributed by atoms with Crippen LogP contribution in [-0.2, 0) is 13.0 Å². The van der Waals surface area contributed by atoms with Gasteiger partial charge in [0.15, 0.2) is 5.96 Å². The number of nitrogens with two attached hydrogens (primary N) is 1. The smallest absolute Gasteiger partial charge is 0.387 e. The van der Waals surface area contributed by atoms with Gasteiger partial charge in [-0.2, -0.15) is 8.78 Å². The molecule has 0 aliphatic carbocycles. The molecule has 0 heterocycles. The summed E-state index contributed by atoms with van der Waals surface area (Å²) in [5.74, 6) is 0.622. The topological polar surface area (TPSA) is 68.9 Å². The van der Waals surface area contributed by atoms with Crippen molar-refractivity contribution in [1.29, 1.82) is 0 Å². The Morgan fingerprint density at radius 3 is 2.72 bits per heavy atom. The first-order valence-corrected chi connectivity index (χ1v) is 7.79. The van der Waals surface area contributed by atoms with Crippen molar-refractivity contribution in [3.05, 3.63) is 53.6 Å². The number of alkyl halides is 2. The van der Waals surface area contributed by atoms with Crippen molar-refractivity contribution in [3.8, 4) is 11.5 Å². The van der Waals surface area contributed by atoms with Crippen molar-refractivity contribution in [3.63, 3.8) is 0 Å². The Bertz CT molecular complexity index is 736. The molecule has 3 N–H and O–H groups in total. The first-order chi connectivity index (χ1) is 12.0. The summed E-state index contributed by atoms with van der Waals surface area (Å²) in [7, 11) is 1.45. The molecule has 0 aromatic heterocycles. The van der Waals surface area contributed by atoms with Crippen LogP contribution in [-0.4, -0.2) is 19.7 Å². The van der Waals surface area contributed by atoms with Crippen molar-refractivity contribution in [2.45, 2.75) is 26.5 Å². The third-order valence-corrected chi connectivity index (χ3v) is 3.52. The molecule has 0 saturated carbocycles. The van der Waals surface area contributed by atoms with Gasteiger partial charge in [0.1, 0.15) is 11.5 Å². The van der Waals surface area contributed by atoms with E-state index in [1.807, 2.05) is 24.3 Å². The number of anilines is 1. The quantitative estimate of drug-likeness (QED) is 0.589. The van der Waals surface area contributed by atoms with E-state index in [0.29, 0.717) is 11.3 Å². The fourth-order valence-electron chi connectivity index (χ4n) is 2.22. The number of nitrogens with zero attached hydrogens (tertiary/aromatic N) is 1. The SMILES string of the molecule is CCc1cccc(NC(N)=NCc2ccc(OC)cc2OC(F)F)c1. The molecule has 0 aliphatic rings. The molecule has 0 atom stereocenters. The van der Waals surface area contributed by atoms with Crippen LogP contribution in [0.1, 0.15) is 18.1 Å². The normalized spacial score (nSPS) is 11.5. The Hall–Kier alpha value is -2.83. The second-order valence-electron chi connectivity index (χ2n) is 5.23. The van der Waals surface area contributed by atoms with E-state index in [2.05, 4.69) is 22.0 Å². The van der Waals surface area contributed by atoms with Gasteiger partial charge in [-0.3, -0.25) is 0 Å². The number of benzene rings is 2. The number of aryl methyl sites for hydroxylation is 1. The molecule has 0 aliphatic heterocycles. The summed E-state index contributed by atoms with van der Waals surface area (Å²) in [6.07, 6.45) is 0.909. The summed E-state index contributed by atoms with van der Waals surface area (Å²) < 4.78 is 34.7. The van der Waals surface area contributed by atoms with Crippen LogP contribution in [0.15, 0.2) is 47.5 Å². The second kappa shape index (κ2) is 8.86. The van der Waals surface area contributed by atoms with Crippen LogP contribution in [0, 0.1) is 0 Å². The molecule has 0 radical (unpaired) electrons. The zero-order valence-corrected chi connectivity index (χ0v) is 14.1. The van der Waals surface area contributed by atoms with E-state index < -0.39 is 6.61 Å². The molecule has 134 valence electrons. The van der Waals surface area contributed by atoms with Gasteiger partial charge < -0.3 is 20.5 Å². The fourth-order valence-corrected chi connectivity index (χ4v) is 2.22. The van der Waals surface area contributed by atoms with Crippen molar-refractivity contribution in [2.75, 3.05) is 12.4 Å². The largest absolute Gasteiger partial charge is 0.497 e. The highest BCUT2D eigenvalue weighted by atomic mass is 19.3. The van der Waals surface area contributed by atoms with E-state index in [0.717, 1.165) is 12.1 Å². The van der Waals surface area contributed by atoms with Gasteiger partial charge >= 0.3 is 6.61 Å². The molecular formula is C18H21F2N3O2. The van der Waals surface area contributed by atoms with Gasteiger partial charge in [0.2, 0.25) is 0 Å². The maximum absolute atomic E-state index is 12.6. The fraction of sp³-hybridized carbons (Fsp3) is 0.278. The van der Waals surface area contributed by atoms with Crippen molar-refractivity contribution in [1.82, 2.24) is 0 Å². The lowest BCUT2D eigenvalue weighted by Gasteiger charge is -2.12. The number of guanidine groups is 1. The molecule has 5 nitrogen and oxygen atoms in total. The Morgan fingerprint density at radius 2 is 2.04 bits per heavy atom. The Balaban J connectivity index is 2.11. The molecule has 0 fully saturated rings. The van der Waals surface area contributed by atoms with Crippen LogP contribution >= 0.6 is 0 Å². The van der Waals surface area contributed by atoms with E-state index in [9.17, 15) is 8.78 Å². The summed E-state index contributed by atoms with van der Waals surface area (Å²) in [6.45, 7) is -0.773. The van der Waals surface area contributed by atoms with Crippen LogP contribution in [0.3, 0.4) is 0 Å². The highest BCUT2D eigenvalue weighted by Crippen LogP contribution is 2.27. The first kappa shape index (κ1) is 18.5. The average Bonchev–Trinajstić information content (AvgIpc) is 2.60. The van der Waals surface area contributed by atoms with Crippen molar-refractivity contribution in [2.24, 2.45) is 10.7 Å². The van der Waals surface area contributed by atoms with Crippen molar-refractivity contribution >= 4 is 11.6 Å². The predicted octanol–water partition coefficient (Wildman–Crippen LogP) is 3.79. The van der Waals surface area contributed by atoms with E-state index in [1.54, 1.807) is 12.1 Å². The maximum Gasteiger partial charge on any atom is 0.387 e. The predicted molar refractivity (Wildman–Crippen MR) is 94.4 cm³/mol. The third kappa shape index (κ3) is 5.63. The number of hydrogen-bond donors (Lipinski definition) is 2. The van der Waals surface area contributed by atoms with Gasteiger partial charge in [-0.05, 0) is 36.2 Å². The monoisotopic (exact) mass is 349 g/mol. The van der Waals surface area contributed by atoms with E-state index in [4.69, 9.17) is 10.5 Å². The highest BCUT2D eigenvalue weighted by molar-refractivity contribution is 5.92. The zero-order chi connectivity index (χ0) is 18.2. The number of halogens is 2. The number of methoxy groups -OCH3 is 1. The molecule has 0 amide bonds. The summed E-state index contributed by atoms with van der Waals surface area (Å²) in [5.41, 5.74) is 8.34. The van der Waals surface area contributed by atoms with Crippen molar-refractivity contribution < 1.29 is 18.3 Å². The summed E-state index contributed by atoms with van der Waals surface area (Å²) in [6, 6.07) is 12.4. The van der Waals surface area contributed by atoms with Crippen LogP contribution in [0.2, 0.25) is 0 Å². The Kier molecular flexibility index (Phi) is 6.56. The minimum absolute atomic E-state index is 0.0129. The molecule has 0 bridgehead atoms. The third-order valence-electron chi connectivity index (χ3n) is 3.52. The summed E-state index contributed by atoms with van der Waals surface area (Å²) in [5, 5.41) is 2.98. The molecular weight excluding hydrogens is 328 g/mol. The second-order valence-corrected chi connectivity index (χ2v) is 5.23. The molecule has 2 rings (SSSR count). The van der Waals surface area contributed by atoms with Gasteiger partial charge in [-0.15, -0.1) is 0 Å². The van der Waals surface area contributed by atoms with E-state index >= 15 is 0 Å². The summed E-state index contributed by atoms with van der Waals surface area (Å²) in [4.78, 5) is 4.19. The van der Waals surface area contributed by atoms with Gasteiger partial charge in [-0.1, -0.05) is 19.1 Å². The first-order valence-electron chi connectivity index (χ1n) is 7.79. The number of nitrogens with one attached hydrogen (secondary N) is 1. The maximum atomic E-state index is 12.6. The minimum Gasteiger partial charge on any atom is -0.497 e. The molecule has 25 heavy (non-hydrogen) atoms. The molecule has 7 heteroatoms. The lowest BCUT2D eigenvalue weighted by Crippen LogP contribution is -2.22. The van der Waals surface area contributed by atoms with Gasteiger partial charge in [0.05, 0.1) is 13.7 Å². The Morgan fingerprint density at radius 1 is 1.24 bits per heavy atom. The van der Waals surface area contributed by atoms with Crippen LogP contribution in [0.4, 0.5) is 14.5 Å². The molecule has 2 aromatic rings. The zero-order valence-electron chi connectivity index (χ0n) is 14.1. The number of hydrogen-bond acceptors (Lipinski definition) is 3. The number of aliphatic imine (C=N–C) groups is 1. The highest BCUT2D eigenvalue weighted by Gasteiger charge is 2.11. The minimum atomic E-state index is -2.93. The Labute approximate surface area is 145 Å². The van der Waals surface area contributed by atoms with Gasteiger partial charge in [0.25, 0.3) is 0 Å². The van der Waals surface area contributed by atoms with Crippen LogP contribution < -0.4 is 20.5 Å². The molecule has 0 saturated heterocycles. The van der Waals surface area contributed by atoms with Gasteiger partial charge in [-0.25, -0.2) is 4.99 Å². The van der Waals surface area contributed by atoms with Crippen LogP contribution in [0.25, 0.3) is 0 Å². The van der Waals surface area contributed by atoms with Crippen LogP contribution in [0.5, 0.6) is 11.5 Å². The lowest BCUT2D eigenvalue weighted by molar-refractivity contribution is -0.0505. The van der Waals surface area contributed by atoms with E-state index in [-0.39, 0.29) is 18.3 Å². The van der Waals surface area contributed by atoms with E-state index in [1.165, 1.54) is 18.7 Å². The molecule has 0 unspecified atom stereocenters. The number of ether oxygens (including phenoxy) is 2. The molecule has 2 aromatic carbocycles. The summed E-state index contributed by atoms with van der Waals surface area (Å²) >= 11 is 0. The number of rotatable bonds is 7. The average molecular weight is 349 g/mol.